The Balaban J connectivity index is -0.000000315. The van der Waals surface area contributed by atoms with Crippen molar-refractivity contribution in [2.75, 3.05) is 19.8 Å². The highest BCUT2D eigenvalue weighted by Gasteiger charge is 1.89. The molecule has 0 aliphatic carbocycles. The lowest BCUT2D eigenvalue weighted by atomic mass is 10.1. The average molecular weight is 377 g/mol. The van der Waals surface area contributed by atoms with Gasteiger partial charge in [-0.05, 0) is 19.3 Å². The molecule has 0 heterocycles. The lowest BCUT2D eigenvalue weighted by Crippen LogP contribution is -1.83. The molecule has 0 radical (unpaired) electrons. The highest BCUT2D eigenvalue weighted by atomic mass is 16.3. The second-order valence-corrected chi connectivity index (χ2v) is 7.12. The first-order valence-electron chi connectivity index (χ1n) is 11.6. The summed E-state index contributed by atoms with van der Waals surface area (Å²) in [7, 11) is 0. The third kappa shape index (κ3) is 43.9. The molecule has 3 N–H and O–H groups in total. The van der Waals surface area contributed by atoms with Gasteiger partial charge in [-0.3, -0.25) is 0 Å². The van der Waals surface area contributed by atoms with Gasteiger partial charge in [0.25, 0.3) is 0 Å². The number of unbranched alkanes of at least 4 members (excludes halogenated alkanes) is 14. The van der Waals surface area contributed by atoms with Crippen LogP contribution in [0, 0.1) is 0 Å². The van der Waals surface area contributed by atoms with Gasteiger partial charge in [0.1, 0.15) is 0 Å². The van der Waals surface area contributed by atoms with Crippen molar-refractivity contribution in [1.82, 2.24) is 0 Å². The molecule has 0 fully saturated rings. The third-order valence-corrected chi connectivity index (χ3v) is 4.29. The van der Waals surface area contributed by atoms with Crippen LogP contribution in [0.25, 0.3) is 0 Å². The maximum atomic E-state index is 8.51. The van der Waals surface area contributed by atoms with Gasteiger partial charge in [0.2, 0.25) is 0 Å². The Morgan fingerprint density at radius 3 is 0.731 bits per heavy atom. The minimum Gasteiger partial charge on any atom is -0.396 e. The Morgan fingerprint density at radius 2 is 0.500 bits per heavy atom. The van der Waals surface area contributed by atoms with Gasteiger partial charge in [-0.25, -0.2) is 0 Å². The molecule has 0 amide bonds. The number of hydrogen-bond donors (Lipinski definition) is 3. The summed E-state index contributed by atoms with van der Waals surface area (Å²) in [4.78, 5) is 0. The van der Waals surface area contributed by atoms with Gasteiger partial charge < -0.3 is 15.3 Å². The number of hydrogen-bond acceptors (Lipinski definition) is 3. The van der Waals surface area contributed by atoms with Gasteiger partial charge in [0.15, 0.2) is 0 Å². The molecule has 0 spiro atoms. The zero-order valence-electron chi connectivity index (χ0n) is 18.5. The van der Waals surface area contributed by atoms with E-state index in [0.29, 0.717) is 19.8 Å². The maximum absolute atomic E-state index is 8.51. The van der Waals surface area contributed by atoms with E-state index >= 15 is 0 Å². The first kappa shape index (κ1) is 30.6. The molecule has 3 nitrogen and oxygen atoms in total. The normalized spacial score (nSPS) is 9.92. The van der Waals surface area contributed by atoms with Crippen LogP contribution in [0.2, 0.25) is 0 Å². The summed E-state index contributed by atoms with van der Waals surface area (Å²) in [5, 5.41) is 25.2. The van der Waals surface area contributed by atoms with Crippen LogP contribution >= 0.6 is 0 Å². The van der Waals surface area contributed by atoms with Crippen LogP contribution in [0.4, 0.5) is 0 Å². The van der Waals surface area contributed by atoms with Gasteiger partial charge in [-0.1, -0.05) is 111 Å². The Bertz CT molecular complexity index is 168. The summed E-state index contributed by atoms with van der Waals surface area (Å²) in [6.07, 6.45) is 21.1. The van der Waals surface area contributed by atoms with E-state index in [-0.39, 0.29) is 0 Å². The smallest absolute Gasteiger partial charge is 0.0431 e. The Hall–Kier alpha value is -0.120. The van der Waals surface area contributed by atoms with E-state index < -0.39 is 0 Å². The zero-order chi connectivity index (χ0) is 20.1. The van der Waals surface area contributed by atoms with Crippen molar-refractivity contribution in [3.05, 3.63) is 0 Å². The molecule has 0 rings (SSSR count). The molecule has 0 aromatic heterocycles. The fourth-order valence-electron chi connectivity index (χ4n) is 2.50. The molecule has 162 valence electrons. The van der Waals surface area contributed by atoms with Gasteiger partial charge in [-0.15, -0.1) is 0 Å². The van der Waals surface area contributed by atoms with Crippen molar-refractivity contribution < 1.29 is 15.3 Å². The maximum Gasteiger partial charge on any atom is 0.0431 e. The fraction of sp³-hybridized carbons (Fsp3) is 1.00. The summed E-state index contributed by atoms with van der Waals surface area (Å²) in [6, 6.07) is 0. The van der Waals surface area contributed by atoms with E-state index in [0.717, 1.165) is 19.3 Å². The second kappa shape index (κ2) is 35.9. The molecule has 0 saturated heterocycles. The van der Waals surface area contributed by atoms with Crippen LogP contribution in [0.3, 0.4) is 0 Å². The van der Waals surface area contributed by atoms with Crippen molar-refractivity contribution >= 4 is 0 Å². The SMILES string of the molecule is CCCCCCCCCCO.CCCCCCCO.CCCCCCO. The number of rotatable bonds is 17. The number of aliphatic hydroxyl groups excluding tert-OH is 3. The predicted octanol–water partition coefficient (Wildman–Crippen LogP) is 6.63. The monoisotopic (exact) mass is 376 g/mol. The lowest BCUT2D eigenvalue weighted by Gasteiger charge is -1.98. The third-order valence-electron chi connectivity index (χ3n) is 4.29. The van der Waals surface area contributed by atoms with Crippen LogP contribution in [-0.2, 0) is 0 Å². The average Bonchev–Trinajstić information content (AvgIpc) is 2.66. The largest absolute Gasteiger partial charge is 0.396 e. The molecule has 0 aliphatic heterocycles. The zero-order valence-corrected chi connectivity index (χ0v) is 18.5. The topological polar surface area (TPSA) is 60.7 Å². The van der Waals surface area contributed by atoms with E-state index in [1.807, 2.05) is 0 Å². The van der Waals surface area contributed by atoms with Crippen molar-refractivity contribution in [3.63, 3.8) is 0 Å². The molecule has 0 aliphatic rings. The molecule has 26 heavy (non-hydrogen) atoms. The van der Waals surface area contributed by atoms with E-state index in [4.69, 9.17) is 15.3 Å². The Labute approximate surface area is 165 Å². The van der Waals surface area contributed by atoms with Crippen molar-refractivity contribution in [3.8, 4) is 0 Å². The Kier molecular flexibility index (Phi) is 42.3. The van der Waals surface area contributed by atoms with Crippen molar-refractivity contribution in [2.45, 2.75) is 130 Å². The first-order chi connectivity index (χ1) is 12.7. The molecule has 0 saturated carbocycles. The Morgan fingerprint density at radius 1 is 0.308 bits per heavy atom. The van der Waals surface area contributed by atoms with Crippen LogP contribution in [0.15, 0.2) is 0 Å². The molecule has 0 aromatic rings. The van der Waals surface area contributed by atoms with Crippen LogP contribution < -0.4 is 0 Å². The van der Waals surface area contributed by atoms with Gasteiger partial charge >= 0.3 is 0 Å². The van der Waals surface area contributed by atoms with E-state index in [1.165, 1.54) is 89.9 Å². The summed E-state index contributed by atoms with van der Waals surface area (Å²) in [5.74, 6) is 0. The van der Waals surface area contributed by atoms with Gasteiger partial charge in [0, 0.05) is 19.8 Å². The van der Waals surface area contributed by atoms with E-state index in [1.54, 1.807) is 0 Å². The molecule has 3 heteroatoms. The summed E-state index contributed by atoms with van der Waals surface area (Å²) < 4.78 is 0. The lowest BCUT2D eigenvalue weighted by molar-refractivity contribution is 0.282. The summed E-state index contributed by atoms with van der Waals surface area (Å²) in [5.41, 5.74) is 0. The summed E-state index contributed by atoms with van der Waals surface area (Å²) in [6.45, 7) is 7.70. The number of aliphatic hydroxyl groups is 3. The van der Waals surface area contributed by atoms with Crippen LogP contribution in [0.5, 0.6) is 0 Å². The standard InChI is InChI=1S/C10H22O.C7H16O.C6H14O/c1-2-3-4-5-6-7-8-9-10-11;1-2-3-4-5-6-7-8;1-2-3-4-5-6-7/h11H,2-10H2,1H3;8H,2-7H2,1H3;7H,2-6H2,1H3. The molecule has 0 unspecified atom stereocenters. The molecular formula is C23H52O3. The minimum atomic E-state index is 0.361. The van der Waals surface area contributed by atoms with Crippen LogP contribution in [0.1, 0.15) is 130 Å². The summed E-state index contributed by atoms with van der Waals surface area (Å²) >= 11 is 0. The molecule has 0 bridgehead atoms. The molecule has 0 aromatic carbocycles. The van der Waals surface area contributed by atoms with Crippen molar-refractivity contribution in [2.24, 2.45) is 0 Å². The minimum absolute atomic E-state index is 0.361. The quantitative estimate of drug-likeness (QED) is 0.250. The van der Waals surface area contributed by atoms with E-state index in [2.05, 4.69) is 20.8 Å². The van der Waals surface area contributed by atoms with Gasteiger partial charge in [0.05, 0.1) is 0 Å². The van der Waals surface area contributed by atoms with Crippen LogP contribution in [-0.4, -0.2) is 35.1 Å². The molecular weight excluding hydrogens is 324 g/mol. The van der Waals surface area contributed by atoms with Gasteiger partial charge in [-0.2, -0.15) is 0 Å². The van der Waals surface area contributed by atoms with Crippen molar-refractivity contribution in [1.29, 1.82) is 0 Å². The molecule has 0 atom stereocenters. The first-order valence-corrected chi connectivity index (χ1v) is 11.6. The second-order valence-electron chi connectivity index (χ2n) is 7.12. The highest BCUT2D eigenvalue weighted by molar-refractivity contribution is 4.44. The fourth-order valence-corrected chi connectivity index (χ4v) is 2.50. The van der Waals surface area contributed by atoms with E-state index in [9.17, 15) is 0 Å². The predicted molar refractivity (Wildman–Crippen MR) is 117 cm³/mol. The highest BCUT2D eigenvalue weighted by Crippen LogP contribution is 2.07.